The standard InChI is InChI=1S/C21H37N3O5.C20H34N2O3.C13H26O/c1-20(2,3)15-14-18(27)24(19(15)28)11-9-16(25)22-10-13-29-12-7-8-17(26)23-21(4,5)6;1-19(2,3)15-11-16(23)22(18(15)25)12-13-7-9-14(10-8-13)17(24)21-20(4,5)6;1-12(2,3)9-7-8-11(14)10-13(4,5)6/h15H,7-14H2,1-6H3,(H,22,25)(H,23,26);13-15H,7-12H2,1-6H3,(H,21,24);7-10H2,1-6H3. The summed E-state index contributed by atoms with van der Waals surface area (Å²) in [6.45, 7) is 38.5. The minimum Gasteiger partial charge on any atom is -0.380 e. The lowest BCUT2D eigenvalue weighted by atomic mass is 9.79. The van der Waals surface area contributed by atoms with Crippen LogP contribution >= 0.6 is 0 Å². The molecule has 0 aromatic rings. The number of ether oxygens (including phenoxy) is 1. The maximum Gasteiger partial charge on any atom is 0.233 e. The van der Waals surface area contributed by atoms with E-state index in [4.69, 9.17) is 4.74 Å². The molecule has 0 spiro atoms. The van der Waals surface area contributed by atoms with Crippen molar-refractivity contribution in [3.8, 4) is 0 Å². The van der Waals surface area contributed by atoms with Crippen molar-refractivity contribution < 1.29 is 43.1 Å². The van der Waals surface area contributed by atoms with E-state index in [9.17, 15) is 38.4 Å². The highest BCUT2D eigenvalue weighted by Crippen LogP contribution is 2.38. The Hall–Kier alpha value is -3.68. The molecular weight excluding hydrogens is 863 g/mol. The molecule has 3 aliphatic rings. The topological polar surface area (TPSA) is 188 Å². The fourth-order valence-corrected chi connectivity index (χ4v) is 8.46. The van der Waals surface area contributed by atoms with Crippen LogP contribution in [0.1, 0.15) is 208 Å². The zero-order valence-corrected chi connectivity index (χ0v) is 46.1. The van der Waals surface area contributed by atoms with Crippen LogP contribution in [-0.2, 0) is 43.1 Å². The van der Waals surface area contributed by atoms with E-state index in [0.717, 1.165) is 51.4 Å². The van der Waals surface area contributed by atoms with Crippen molar-refractivity contribution in [2.75, 3.05) is 32.8 Å². The van der Waals surface area contributed by atoms with Gasteiger partial charge >= 0.3 is 0 Å². The lowest BCUT2D eigenvalue weighted by molar-refractivity contribution is -0.142. The highest BCUT2D eigenvalue weighted by atomic mass is 16.5. The highest BCUT2D eigenvalue weighted by molar-refractivity contribution is 6.04. The largest absolute Gasteiger partial charge is 0.380 e. The predicted octanol–water partition coefficient (Wildman–Crippen LogP) is 8.96. The van der Waals surface area contributed by atoms with E-state index < -0.39 is 0 Å². The average Bonchev–Trinajstić information content (AvgIpc) is 3.60. The van der Waals surface area contributed by atoms with Crippen LogP contribution in [0.5, 0.6) is 0 Å². The molecule has 0 aromatic heterocycles. The molecule has 2 aliphatic heterocycles. The van der Waals surface area contributed by atoms with Gasteiger partial charge in [-0.05, 0) is 114 Å². The maximum atomic E-state index is 12.6. The Morgan fingerprint density at radius 2 is 1.07 bits per heavy atom. The third-order valence-electron chi connectivity index (χ3n) is 12.2. The SMILES string of the molecule is CC(C)(C)CCCC(=O)CC(C)(C)C.CC(C)(C)NC(=O)C1CCC(CN2C(=O)CC(C(C)(C)C)C2=O)CC1.CC(C)(C)NC(=O)CCCOCCNC(=O)CCN1C(=O)CC(C(C)(C)C)C1=O. The van der Waals surface area contributed by atoms with Crippen molar-refractivity contribution in [3.05, 3.63) is 0 Å². The van der Waals surface area contributed by atoms with Gasteiger partial charge in [0, 0.05) is 81.8 Å². The number of imide groups is 2. The van der Waals surface area contributed by atoms with E-state index >= 15 is 0 Å². The molecule has 1 saturated carbocycles. The van der Waals surface area contributed by atoms with Gasteiger partial charge in [-0.3, -0.25) is 48.2 Å². The van der Waals surface area contributed by atoms with Gasteiger partial charge in [0.1, 0.15) is 5.78 Å². The maximum absolute atomic E-state index is 12.6. The minimum absolute atomic E-state index is 0.00545. The molecule has 392 valence electrons. The summed E-state index contributed by atoms with van der Waals surface area (Å²) >= 11 is 0. The van der Waals surface area contributed by atoms with Gasteiger partial charge in [0.25, 0.3) is 0 Å². The van der Waals surface area contributed by atoms with Gasteiger partial charge in [0.15, 0.2) is 0 Å². The summed E-state index contributed by atoms with van der Waals surface area (Å²) in [7, 11) is 0. The van der Waals surface area contributed by atoms with Gasteiger partial charge in [-0.15, -0.1) is 0 Å². The van der Waals surface area contributed by atoms with Crippen LogP contribution in [0.2, 0.25) is 0 Å². The molecule has 14 nitrogen and oxygen atoms in total. The number of ketones is 1. The first-order valence-corrected chi connectivity index (χ1v) is 25.5. The summed E-state index contributed by atoms with van der Waals surface area (Å²) in [4.78, 5) is 99.5. The van der Waals surface area contributed by atoms with Gasteiger partial charge < -0.3 is 20.7 Å². The minimum atomic E-state index is -0.322. The third-order valence-corrected chi connectivity index (χ3v) is 12.2. The fourth-order valence-electron chi connectivity index (χ4n) is 8.46. The van der Waals surface area contributed by atoms with Crippen LogP contribution in [0.25, 0.3) is 0 Å². The van der Waals surface area contributed by atoms with E-state index in [0.29, 0.717) is 62.7 Å². The van der Waals surface area contributed by atoms with Gasteiger partial charge in [-0.1, -0.05) is 83.1 Å². The van der Waals surface area contributed by atoms with Gasteiger partial charge in [0.05, 0.1) is 18.4 Å². The number of carbonyl (C=O) groups excluding carboxylic acids is 8. The molecule has 3 fully saturated rings. The van der Waals surface area contributed by atoms with E-state index in [2.05, 4.69) is 57.5 Å². The molecule has 1 aliphatic carbocycles. The number of likely N-dealkylation sites (tertiary alicyclic amines) is 2. The van der Waals surface area contributed by atoms with Crippen molar-refractivity contribution in [2.24, 2.45) is 45.3 Å². The van der Waals surface area contributed by atoms with Crippen molar-refractivity contribution >= 4 is 47.1 Å². The first kappa shape index (κ1) is 62.3. The summed E-state index contributed by atoms with van der Waals surface area (Å²) in [5.74, 6) is -0.252. The Morgan fingerprint density at radius 3 is 1.53 bits per heavy atom. The Bertz CT molecular complexity index is 1690. The predicted molar refractivity (Wildman–Crippen MR) is 270 cm³/mol. The van der Waals surface area contributed by atoms with E-state index in [1.54, 1.807) is 0 Å². The number of hydrogen-bond donors (Lipinski definition) is 3. The van der Waals surface area contributed by atoms with Crippen LogP contribution in [0, 0.1) is 45.3 Å². The molecule has 0 radical (unpaired) electrons. The smallest absolute Gasteiger partial charge is 0.233 e. The zero-order chi connectivity index (χ0) is 52.6. The summed E-state index contributed by atoms with van der Waals surface area (Å²) in [5.41, 5.74) is -0.371. The molecule has 7 amide bonds. The quantitative estimate of drug-likeness (QED) is 0.0945. The Labute approximate surface area is 412 Å². The number of carbonyl (C=O) groups is 8. The second-order valence-corrected chi connectivity index (χ2v) is 26.2. The van der Waals surface area contributed by atoms with Gasteiger partial charge in [-0.25, -0.2) is 0 Å². The van der Waals surface area contributed by atoms with Crippen LogP contribution in [0.3, 0.4) is 0 Å². The van der Waals surface area contributed by atoms with Gasteiger partial charge in [-0.2, -0.15) is 0 Å². The number of rotatable bonds is 17. The van der Waals surface area contributed by atoms with Crippen LogP contribution < -0.4 is 16.0 Å². The summed E-state index contributed by atoms with van der Waals surface area (Å²) < 4.78 is 5.41. The molecule has 2 heterocycles. The van der Waals surface area contributed by atoms with Crippen molar-refractivity contribution in [2.45, 2.75) is 219 Å². The Kier molecular flexibility index (Phi) is 24.3. The number of nitrogens with zero attached hydrogens (tertiary/aromatic N) is 2. The lowest BCUT2D eigenvalue weighted by Crippen LogP contribution is -2.45. The summed E-state index contributed by atoms with van der Waals surface area (Å²) in [6.07, 6.45) is 8.79. The van der Waals surface area contributed by atoms with E-state index in [-0.39, 0.29) is 106 Å². The second-order valence-electron chi connectivity index (χ2n) is 26.2. The first-order chi connectivity index (χ1) is 30.8. The van der Waals surface area contributed by atoms with Crippen LogP contribution in [0.15, 0.2) is 0 Å². The second kappa shape index (κ2) is 26.5. The van der Waals surface area contributed by atoms with E-state index in [1.165, 1.54) is 9.80 Å². The third kappa shape index (κ3) is 25.8. The Morgan fingerprint density at radius 1 is 0.574 bits per heavy atom. The molecule has 2 saturated heterocycles. The number of nitrogens with one attached hydrogen (secondary N) is 3. The molecule has 3 N–H and O–H groups in total. The molecule has 0 bridgehead atoms. The molecule has 3 rings (SSSR count). The molecule has 68 heavy (non-hydrogen) atoms. The molecule has 14 heteroatoms. The Balaban J connectivity index is 0.000000540. The van der Waals surface area contributed by atoms with Crippen molar-refractivity contribution in [1.29, 1.82) is 0 Å². The van der Waals surface area contributed by atoms with Gasteiger partial charge in [0.2, 0.25) is 41.4 Å². The lowest BCUT2D eigenvalue weighted by Gasteiger charge is -2.32. The summed E-state index contributed by atoms with van der Waals surface area (Å²) in [6, 6.07) is 0. The average molecular weight is 960 g/mol. The highest BCUT2D eigenvalue weighted by Gasteiger charge is 2.46. The normalized spacial score (nSPS) is 20.6. The number of Topliss-reactive ketones (excluding diaryl/α,β-unsaturated/α-hetero) is 1. The molecule has 2 atom stereocenters. The monoisotopic (exact) mass is 960 g/mol. The number of amides is 7. The molecule has 0 aromatic carbocycles. The zero-order valence-electron chi connectivity index (χ0n) is 46.1. The first-order valence-electron chi connectivity index (χ1n) is 25.5. The molecular formula is C54H97N5O9. The van der Waals surface area contributed by atoms with Crippen molar-refractivity contribution in [3.63, 3.8) is 0 Å². The summed E-state index contributed by atoms with van der Waals surface area (Å²) in [5, 5.41) is 8.66. The fraction of sp³-hybridized carbons (Fsp3) is 0.852. The van der Waals surface area contributed by atoms with Crippen molar-refractivity contribution in [1.82, 2.24) is 25.8 Å². The van der Waals surface area contributed by atoms with Crippen LogP contribution in [-0.4, -0.2) is 101 Å². The molecule has 2 unspecified atom stereocenters. The number of hydrogen-bond acceptors (Lipinski definition) is 9. The van der Waals surface area contributed by atoms with E-state index in [1.807, 2.05) is 83.1 Å². The van der Waals surface area contributed by atoms with Crippen LogP contribution in [0.4, 0.5) is 0 Å².